The smallest absolute Gasteiger partial charge is 0.210 e. The van der Waals surface area contributed by atoms with Gasteiger partial charge in [-0.1, -0.05) is 11.3 Å². The lowest BCUT2D eigenvalue weighted by Crippen LogP contribution is -2.29. The van der Waals surface area contributed by atoms with E-state index in [2.05, 4.69) is 37.1 Å². The average Bonchev–Trinajstić information content (AvgIpc) is 3.43. The van der Waals surface area contributed by atoms with Crippen LogP contribution in [0.15, 0.2) is 30.2 Å². The molecule has 4 aromatic rings. The van der Waals surface area contributed by atoms with E-state index in [0.29, 0.717) is 5.92 Å². The summed E-state index contributed by atoms with van der Waals surface area (Å²) in [6.45, 7) is 2.01. The van der Waals surface area contributed by atoms with E-state index in [1.807, 2.05) is 30.2 Å². The van der Waals surface area contributed by atoms with Crippen molar-refractivity contribution in [1.82, 2.24) is 39.9 Å². The van der Waals surface area contributed by atoms with Crippen LogP contribution in [-0.4, -0.2) is 47.7 Å². The second-order valence-corrected chi connectivity index (χ2v) is 7.51. The van der Waals surface area contributed by atoms with E-state index < -0.39 is 0 Å². The van der Waals surface area contributed by atoms with Crippen LogP contribution in [0.1, 0.15) is 24.5 Å². The van der Waals surface area contributed by atoms with Gasteiger partial charge in [0, 0.05) is 42.9 Å². The lowest BCUT2D eigenvalue weighted by atomic mass is 9.96. The van der Waals surface area contributed by atoms with Crippen molar-refractivity contribution in [2.24, 2.45) is 7.05 Å². The normalized spacial score (nSPS) is 17.4. The molecule has 138 valence electrons. The fourth-order valence-electron chi connectivity index (χ4n) is 3.49. The molecular formula is C17H19N9S. The van der Waals surface area contributed by atoms with Gasteiger partial charge in [0.1, 0.15) is 11.3 Å². The average molecular weight is 381 g/mol. The number of hydrogen-bond acceptors (Lipinski definition) is 8. The van der Waals surface area contributed by atoms with Crippen molar-refractivity contribution >= 4 is 27.9 Å². The van der Waals surface area contributed by atoms with Gasteiger partial charge in [-0.25, -0.2) is 4.98 Å². The molecule has 1 aliphatic rings. The zero-order chi connectivity index (χ0) is 18.2. The number of piperidine rings is 1. The zero-order valence-corrected chi connectivity index (χ0v) is 15.6. The molecule has 0 spiro atoms. The second-order valence-electron chi connectivity index (χ2n) is 6.67. The summed E-state index contributed by atoms with van der Waals surface area (Å²) >= 11 is 1.45. The predicted molar refractivity (Wildman–Crippen MR) is 103 cm³/mol. The second kappa shape index (κ2) is 6.71. The molecule has 0 aliphatic carbocycles. The van der Waals surface area contributed by atoms with Crippen molar-refractivity contribution in [3.05, 3.63) is 35.9 Å². The molecule has 10 heteroatoms. The van der Waals surface area contributed by atoms with Gasteiger partial charge in [0.25, 0.3) is 0 Å². The molecule has 1 atom stereocenters. The summed E-state index contributed by atoms with van der Waals surface area (Å²) in [7, 11) is 1.91. The highest BCUT2D eigenvalue weighted by molar-refractivity contribution is 7.13. The van der Waals surface area contributed by atoms with Crippen LogP contribution in [0.25, 0.3) is 16.8 Å². The summed E-state index contributed by atoms with van der Waals surface area (Å²) in [5.41, 5.74) is 5.55. The van der Waals surface area contributed by atoms with Gasteiger partial charge in [0.05, 0.1) is 18.1 Å². The Morgan fingerprint density at radius 1 is 1.30 bits per heavy atom. The molecule has 1 aliphatic heterocycles. The molecule has 0 saturated carbocycles. The van der Waals surface area contributed by atoms with Gasteiger partial charge in [-0.2, -0.15) is 14.7 Å². The SMILES string of the molecule is Cn1cc(-c2cnn3c(Nc4nncs4)cc(C4CCCNC4)nc23)cn1. The number of hydrogen-bond donors (Lipinski definition) is 2. The van der Waals surface area contributed by atoms with Crippen LogP contribution in [0.2, 0.25) is 0 Å². The standard InChI is InChI=1S/C17H19N9S/c1-25-9-12(7-20-25)13-8-21-26-15(23-17-24-19-10-27-17)5-14(22-16(13)26)11-3-2-4-18-6-11/h5,7-11,18H,2-4,6H2,1H3,(H,23,24). The Kier molecular flexibility index (Phi) is 4.06. The van der Waals surface area contributed by atoms with Gasteiger partial charge in [-0.05, 0) is 19.4 Å². The minimum absolute atomic E-state index is 0.385. The first-order chi connectivity index (χ1) is 13.3. The van der Waals surface area contributed by atoms with E-state index in [1.165, 1.54) is 11.3 Å². The summed E-state index contributed by atoms with van der Waals surface area (Å²) in [5.74, 6) is 1.22. The highest BCUT2D eigenvalue weighted by Gasteiger charge is 2.21. The van der Waals surface area contributed by atoms with Crippen molar-refractivity contribution in [1.29, 1.82) is 0 Å². The van der Waals surface area contributed by atoms with Gasteiger partial charge >= 0.3 is 0 Å². The van der Waals surface area contributed by atoms with Gasteiger partial charge in [-0.15, -0.1) is 10.2 Å². The number of aromatic nitrogens is 7. The highest BCUT2D eigenvalue weighted by Crippen LogP contribution is 2.30. The van der Waals surface area contributed by atoms with Crippen LogP contribution in [0, 0.1) is 0 Å². The Bertz CT molecular complexity index is 1060. The molecular weight excluding hydrogens is 362 g/mol. The van der Waals surface area contributed by atoms with E-state index in [9.17, 15) is 0 Å². The molecule has 0 bridgehead atoms. The van der Waals surface area contributed by atoms with E-state index in [4.69, 9.17) is 4.98 Å². The minimum Gasteiger partial charge on any atom is -0.316 e. The number of aryl methyl sites for hydroxylation is 1. The predicted octanol–water partition coefficient (Wildman–Crippen LogP) is 2.19. The molecule has 27 heavy (non-hydrogen) atoms. The van der Waals surface area contributed by atoms with Gasteiger partial charge in [0.15, 0.2) is 5.65 Å². The lowest BCUT2D eigenvalue weighted by molar-refractivity contribution is 0.455. The first kappa shape index (κ1) is 16.3. The van der Waals surface area contributed by atoms with Gasteiger partial charge in [0.2, 0.25) is 5.13 Å². The fraction of sp³-hybridized carbons (Fsp3) is 0.353. The van der Waals surface area contributed by atoms with Crippen molar-refractivity contribution in [3.8, 4) is 11.1 Å². The third-order valence-electron chi connectivity index (χ3n) is 4.82. The largest absolute Gasteiger partial charge is 0.316 e. The van der Waals surface area contributed by atoms with E-state index >= 15 is 0 Å². The Hall–Kier alpha value is -2.85. The number of rotatable bonds is 4. The maximum absolute atomic E-state index is 4.99. The van der Waals surface area contributed by atoms with E-state index in [-0.39, 0.29) is 0 Å². The zero-order valence-electron chi connectivity index (χ0n) is 14.8. The molecule has 1 fully saturated rings. The Balaban J connectivity index is 1.65. The monoisotopic (exact) mass is 381 g/mol. The van der Waals surface area contributed by atoms with Crippen molar-refractivity contribution in [3.63, 3.8) is 0 Å². The molecule has 1 unspecified atom stereocenters. The molecule has 2 N–H and O–H groups in total. The maximum Gasteiger partial charge on any atom is 0.210 e. The summed E-state index contributed by atoms with van der Waals surface area (Å²) in [6.07, 6.45) is 7.94. The Morgan fingerprint density at radius 3 is 3.00 bits per heavy atom. The minimum atomic E-state index is 0.385. The Morgan fingerprint density at radius 2 is 2.26 bits per heavy atom. The molecule has 5 rings (SSSR count). The quantitative estimate of drug-likeness (QED) is 0.559. The van der Waals surface area contributed by atoms with Crippen LogP contribution in [0.5, 0.6) is 0 Å². The maximum atomic E-state index is 4.99. The summed E-state index contributed by atoms with van der Waals surface area (Å²) in [5, 5.41) is 24.4. The molecule has 5 heterocycles. The first-order valence-corrected chi connectivity index (χ1v) is 9.77. The number of anilines is 2. The molecule has 0 amide bonds. The van der Waals surface area contributed by atoms with Crippen molar-refractivity contribution < 1.29 is 0 Å². The fourth-order valence-corrected chi connectivity index (χ4v) is 3.94. The molecule has 9 nitrogen and oxygen atoms in total. The van der Waals surface area contributed by atoms with Crippen LogP contribution >= 0.6 is 11.3 Å². The number of fused-ring (bicyclic) bond motifs is 1. The van der Waals surface area contributed by atoms with Crippen LogP contribution in [-0.2, 0) is 7.05 Å². The van der Waals surface area contributed by atoms with Gasteiger partial charge in [-0.3, -0.25) is 4.68 Å². The van der Waals surface area contributed by atoms with Crippen molar-refractivity contribution in [2.75, 3.05) is 18.4 Å². The number of nitrogens with one attached hydrogen (secondary N) is 2. The summed E-state index contributed by atoms with van der Waals surface area (Å²) in [6, 6.07) is 2.08. The number of nitrogens with zero attached hydrogens (tertiary/aromatic N) is 7. The lowest BCUT2D eigenvalue weighted by Gasteiger charge is -2.23. The molecule has 0 aromatic carbocycles. The van der Waals surface area contributed by atoms with Gasteiger partial charge < -0.3 is 10.6 Å². The highest BCUT2D eigenvalue weighted by atomic mass is 32.1. The van der Waals surface area contributed by atoms with E-state index in [1.54, 1.807) is 10.2 Å². The molecule has 0 radical (unpaired) electrons. The van der Waals surface area contributed by atoms with Crippen molar-refractivity contribution in [2.45, 2.75) is 18.8 Å². The topological polar surface area (TPSA) is 97.8 Å². The summed E-state index contributed by atoms with van der Waals surface area (Å²) < 4.78 is 3.61. The van der Waals surface area contributed by atoms with Crippen LogP contribution < -0.4 is 10.6 Å². The van der Waals surface area contributed by atoms with Crippen LogP contribution in [0.4, 0.5) is 10.9 Å². The summed E-state index contributed by atoms with van der Waals surface area (Å²) in [4.78, 5) is 4.99. The van der Waals surface area contributed by atoms with Crippen LogP contribution in [0.3, 0.4) is 0 Å². The Labute approximate surface area is 159 Å². The molecule has 1 saturated heterocycles. The van der Waals surface area contributed by atoms with E-state index in [0.717, 1.165) is 59.3 Å². The third kappa shape index (κ3) is 3.06. The first-order valence-electron chi connectivity index (χ1n) is 8.89. The molecule has 4 aromatic heterocycles. The third-order valence-corrected chi connectivity index (χ3v) is 5.42.